The maximum atomic E-state index is 11.4. The number of carbonyl (C=O) groups is 1. The van der Waals surface area contributed by atoms with Crippen LogP contribution in [0.15, 0.2) is 34.9 Å². The monoisotopic (exact) mass is 304 g/mol. The van der Waals surface area contributed by atoms with Crippen LogP contribution in [0.2, 0.25) is 0 Å². The fourth-order valence-corrected chi connectivity index (χ4v) is 2.89. The second-order valence-corrected chi connectivity index (χ2v) is 6.85. The minimum Gasteiger partial charge on any atom is -0.466 e. The van der Waals surface area contributed by atoms with E-state index in [9.17, 15) is 4.79 Å². The topological polar surface area (TPSA) is 38.8 Å². The fourth-order valence-electron chi connectivity index (χ4n) is 2.89. The minimum atomic E-state index is -0.198. The summed E-state index contributed by atoms with van der Waals surface area (Å²) in [6.45, 7) is 6.52. The Bertz CT molecular complexity index is 509. The Morgan fingerprint density at radius 3 is 2.68 bits per heavy atom. The van der Waals surface area contributed by atoms with Crippen LogP contribution in [-0.2, 0) is 14.3 Å². The highest BCUT2D eigenvalue weighted by Crippen LogP contribution is 2.39. The lowest BCUT2D eigenvalue weighted by Crippen LogP contribution is -2.07. The zero-order valence-electron chi connectivity index (χ0n) is 14.3. The Kier molecular flexibility index (Phi) is 5.63. The molecule has 0 aromatic carbocycles. The van der Waals surface area contributed by atoms with Gasteiger partial charge in [-0.3, -0.25) is 0 Å². The van der Waals surface area contributed by atoms with Gasteiger partial charge in [0.25, 0.3) is 0 Å². The van der Waals surface area contributed by atoms with Crippen molar-refractivity contribution >= 4 is 5.97 Å². The molecule has 0 aromatic heterocycles. The van der Waals surface area contributed by atoms with Crippen molar-refractivity contribution in [3.05, 3.63) is 34.9 Å². The molecule has 2 aliphatic rings. The summed E-state index contributed by atoms with van der Waals surface area (Å²) in [4.78, 5) is 11.4. The number of esters is 1. The number of rotatable bonds is 7. The molecule has 0 N–H and O–H groups in total. The first-order valence-electron chi connectivity index (χ1n) is 8.23. The largest absolute Gasteiger partial charge is 0.466 e. The molecule has 0 radical (unpaired) electrons. The Morgan fingerprint density at radius 2 is 2.14 bits per heavy atom. The maximum absolute atomic E-state index is 11.4. The second-order valence-electron chi connectivity index (χ2n) is 6.85. The van der Waals surface area contributed by atoms with E-state index >= 15 is 0 Å². The third kappa shape index (κ3) is 4.84. The van der Waals surface area contributed by atoms with E-state index in [4.69, 9.17) is 9.47 Å². The van der Waals surface area contributed by atoms with Gasteiger partial charge in [0.05, 0.1) is 18.8 Å². The highest BCUT2D eigenvalue weighted by molar-refractivity contribution is 5.89. The molecule has 1 unspecified atom stereocenters. The summed E-state index contributed by atoms with van der Waals surface area (Å²) in [5.41, 5.74) is 3.76. The van der Waals surface area contributed by atoms with Gasteiger partial charge in [-0.25, -0.2) is 4.79 Å². The molecular weight excluding hydrogens is 276 g/mol. The molecule has 22 heavy (non-hydrogen) atoms. The summed E-state index contributed by atoms with van der Waals surface area (Å²) in [5, 5.41) is 0. The number of hydrogen-bond donors (Lipinski definition) is 0. The van der Waals surface area contributed by atoms with E-state index in [1.54, 1.807) is 0 Å². The van der Waals surface area contributed by atoms with Crippen molar-refractivity contribution in [1.29, 1.82) is 0 Å². The SMILES string of the molecule is COC(=O)C1=CC=C(CC/C=C(/C)CCC2OC2(C)C)CC1. The van der Waals surface area contributed by atoms with E-state index in [-0.39, 0.29) is 11.6 Å². The molecule has 1 atom stereocenters. The van der Waals surface area contributed by atoms with Gasteiger partial charge in [-0.1, -0.05) is 29.4 Å². The van der Waals surface area contributed by atoms with Crippen molar-refractivity contribution in [2.24, 2.45) is 0 Å². The van der Waals surface area contributed by atoms with Crippen LogP contribution in [0.4, 0.5) is 0 Å². The zero-order valence-corrected chi connectivity index (χ0v) is 14.3. The number of allylic oxidation sites excluding steroid dienone is 5. The lowest BCUT2D eigenvalue weighted by molar-refractivity contribution is -0.136. The summed E-state index contributed by atoms with van der Waals surface area (Å²) in [6, 6.07) is 0. The van der Waals surface area contributed by atoms with E-state index < -0.39 is 0 Å². The van der Waals surface area contributed by atoms with Crippen LogP contribution < -0.4 is 0 Å². The molecule has 2 rings (SSSR count). The van der Waals surface area contributed by atoms with Crippen molar-refractivity contribution in [1.82, 2.24) is 0 Å². The summed E-state index contributed by atoms with van der Waals surface area (Å²) >= 11 is 0. The quantitative estimate of drug-likeness (QED) is 0.395. The Hall–Kier alpha value is -1.35. The molecule has 122 valence electrons. The predicted molar refractivity (Wildman–Crippen MR) is 88.6 cm³/mol. The summed E-state index contributed by atoms with van der Waals surface area (Å²) < 4.78 is 10.4. The predicted octanol–water partition coefficient (Wildman–Crippen LogP) is 4.49. The smallest absolute Gasteiger partial charge is 0.333 e. The van der Waals surface area contributed by atoms with Crippen LogP contribution in [0.25, 0.3) is 0 Å². The number of hydrogen-bond acceptors (Lipinski definition) is 3. The fraction of sp³-hybridized carbons (Fsp3) is 0.632. The van der Waals surface area contributed by atoms with Crippen LogP contribution in [0.5, 0.6) is 0 Å². The van der Waals surface area contributed by atoms with Gasteiger partial charge in [0.2, 0.25) is 0 Å². The molecule has 0 saturated carbocycles. The first-order chi connectivity index (χ1) is 10.4. The van der Waals surface area contributed by atoms with Gasteiger partial charge < -0.3 is 9.47 Å². The third-order valence-electron chi connectivity index (χ3n) is 4.61. The van der Waals surface area contributed by atoms with Crippen LogP contribution in [0.3, 0.4) is 0 Å². The van der Waals surface area contributed by atoms with Crippen LogP contribution >= 0.6 is 0 Å². The molecule has 1 heterocycles. The molecule has 0 bridgehead atoms. The molecule has 3 nitrogen and oxygen atoms in total. The van der Waals surface area contributed by atoms with E-state index in [1.807, 2.05) is 6.08 Å². The van der Waals surface area contributed by atoms with Gasteiger partial charge in [0.15, 0.2) is 0 Å². The van der Waals surface area contributed by atoms with Crippen molar-refractivity contribution in [3.8, 4) is 0 Å². The van der Waals surface area contributed by atoms with E-state index in [1.165, 1.54) is 18.3 Å². The molecule has 1 saturated heterocycles. The second kappa shape index (κ2) is 7.28. The van der Waals surface area contributed by atoms with E-state index in [0.29, 0.717) is 6.10 Å². The van der Waals surface area contributed by atoms with Crippen LogP contribution in [0, 0.1) is 0 Å². The Balaban J connectivity index is 1.69. The van der Waals surface area contributed by atoms with Crippen LogP contribution in [-0.4, -0.2) is 24.8 Å². The van der Waals surface area contributed by atoms with Crippen molar-refractivity contribution < 1.29 is 14.3 Å². The summed E-state index contributed by atoms with van der Waals surface area (Å²) in [5.74, 6) is -0.198. The maximum Gasteiger partial charge on any atom is 0.333 e. The average molecular weight is 304 g/mol. The third-order valence-corrected chi connectivity index (χ3v) is 4.61. The Labute approximate surface area is 134 Å². The first-order valence-corrected chi connectivity index (χ1v) is 8.23. The molecule has 1 aliphatic heterocycles. The van der Waals surface area contributed by atoms with E-state index in [0.717, 1.165) is 44.1 Å². The molecule has 0 aromatic rings. The van der Waals surface area contributed by atoms with Crippen LogP contribution in [0.1, 0.15) is 59.3 Å². The lowest BCUT2D eigenvalue weighted by atomic mass is 9.94. The van der Waals surface area contributed by atoms with Gasteiger partial charge >= 0.3 is 5.97 Å². The first kappa shape index (κ1) is 17.0. The van der Waals surface area contributed by atoms with E-state index in [2.05, 4.69) is 32.9 Å². The molecule has 0 spiro atoms. The normalized spacial score (nSPS) is 23.6. The molecule has 1 fully saturated rings. The lowest BCUT2D eigenvalue weighted by Gasteiger charge is -2.12. The van der Waals surface area contributed by atoms with Gasteiger partial charge in [0.1, 0.15) is 0 Å². The number of ether oxygens (including phenoxy) is 2. The zero-order chi connectivity index (χ0) is 16.2. The molecule has 0 amide bonds. The number of carbonyl (C=O) groups excluding carboxylic acids is 1. The standard InChI is InChI=1S/C19H28O3/c1-14(8-13-17-19(2,3)22-17)6-5-7-15-9-11-16(12-10-15)18(20)21-4/h6,9,11,17H,5,7-8,10,12-13H2,1-4H3/b14-6-. The highest BCUT2D eigenvalue weighted by atomic mass is 16.6. The highest BCUT2D eigenvalue weighted by Gasteiger charge is 2.46. The molecular formula is C19H28O3. The van der Waals surface area contributed by atoms with Crippen molar-refractivity contribution in [3.63, 3.8) is 0 Å². The Morgan fingerprint density at radius 1 is 1.41 bits per heavy atom. The molecule has 1 aliphatic carbocycles. The summed E-state index contributed by atoms with van der Waals surface area (Å²) in [6.07, 6.45) is 13.0. The summed E-state index contributed by atoms with van der Waals surface area (Å²) in [7, 11) is 1.43. The average Bonchev–Trinajstić information content (AvgIpc) is 3.12. The van der Waals surface area contributed by atoms with Crippen molar-refractivity contribution in [2.45, 2.75) is 71.0 Å². The van der Waals surface area contributed by atoms with Crippen molar-refractivity contribution in [2.75, 3.05) is 7.11 Å². The number of epoxide rings is 1. The van der Waals surface area contributed by atoms with Gasteiger partial charge in [-0.2, -0.15) is 0 Å². The number of methoxy groups -OCH3 is 1. The van der Waals surface area contributed by atoms with Gasteiger partial charge in [0, 0.05) is 5.57 Å². The van der Waals surface area contributed by atoms with Gasteiger partial charge in [-0.05, 0) is 59.3 Å². The molecule has 3 heteroatoms. The van der Waals surface area contributed by atoms with Gasteiger partial charge in [-0.15, -0.1) is 0 Å². The minimum absolute atomic E-state index is 0.108.